The van der Waals surface area contributed by atoms with Gasteiger partial charge in [-0.2, -0.15) is 4.89 Å². The Morgan fingerprint density at radius 2 is 1.87 bits per heavy atom. The van der Waals surface area contributed by atoms with Gasteiger partial charge in [-0.3, -0.25) is 9.59 Å². The Hall–Kier alpha value is -0.900. The SMILES string of the molecule is CC(C)C(=O)C1(OOC=O)CCCCC1. The van der Waals surface area contributed by atoms with Gasteiger partial charge in [-0.1, -0.05) is 20.3 Å². The molecule has 86 valence electrons. The van der Waals surface area contributed by atoms with Crippen LogP contribution in [0.3, 0.4) is 0 Å². The van der Waals surface area contributed by atoms with Crippen LogP contribution in [-0.4, -0.2) is 17.9 Å². The smallest absolute Gasteiger partial charge is 0.301 e. The van der Waals surface area contributed by atoms with Crippen LogP contribution in [0.4, 0.5) is 0 Å². The zero-order valence-corrected chi connectivity index (χ0v) is 9.32. The highest BCUT2D eigenvalue weighted by atomic mass is 17.2. The minimum absolute atomic E-state index is 0.0315. The van der Waals surface area contributed by atoms with Gasteiger partial charge in [0.25, 0.3) is 0 Å². The molecule has 4 nitrogen and oxygen atoms in total. The highest BCUT2D eigenvalue weighted by Crippen LogP contribution is 2.34. The van der Waals surface area contributed by atoms with Gasteiger partial charge >= 0.3 is 6.47 Å². The van der Waals surface area contributed by atoms with E-state index in [2.05, 4.69) is 4.89 Å². The number of Topliss-reactive ketones (excluding diaryl/α,β-unsaturated/α-hetero) is 1. The van der Waals surface area contributed by atoms with Gasteiger partial charge in [-0.05, 0) is 25.7 Å². The first-order valence-electron chi connectivity index (χ1n) is 5.45. The van der Waals surface area contributed by atoms with Crippen molar-refractivity contribution in [2.45, 2.75) is 51.6 Å². The molecule has 1 rings (SSSR count). The number of carbonyl (C=O) groups excluding carboxylic acids is 2. The molecule has 0 saturated heterocycles. The van der Waals surface area contributed by atoms with Crippen molar-refractivity contribution in [3.8, 4) is 0 Å². The molecule has 1 aliphatic carbocycles. The Balaban J connectivity index is 2.74. The van der Waals surface area contributed by atoms with Crippen molar-refractivity contribution in [1.82, 2.24) is 0 Å². The lowest BCUT2D eigenvalue weighted by atomic mass is 9.78. The van der Waals surface area contributed by atoms with Gasteiger partial charge in [-0.25, -0.2) is 0 Å². The van der Waals surface area contributed by atoms with E-state index in [1.807, 2.05) is 13.8 Å². The first kappa shape index (κ1) is 12.2. The topological polar surface area (TPSA) is 52.6 Å². The predicted molar refractivity (Wildman–Crippen MR) is 53.9 cm³/mol. The van der Waals surface area contributed by atoms with Gasteiger partial charge < -0.3 is 4.89 Å². The average molecular weight is 214 g/mol. The van der Waals surface area contributed by atoms with Crippen LogP contribution < -0.4 is 0 Å². The predicted octanol–water partition coefficient (Wildman–Crippen LogP) is 2.02. The van der Waals surface area contributed by atoms with Crippen LogP contribution in [0.5, 0.6) is 0 Å². The van der Waals surface area contributed by atoms with Gasteiger partial charge in [-0.15, -0.1) is 0 Å². The Morgan fingerprint density at radius 3 is 2.33 bits per heavy atom. The number of ketones is 1. The lowest BCUT2D eigenvalue weighted by Crippen LogP contribution is -2.45. The minimum atomic E-state index is -0.882. The molecule has 0 aromatic rings. The standard InChI is InChI=1S/C11H18O4/c1-9(2)10(13)11(15-14-8-12)6-4-3-5-7-11/h8-9H,3-7H2,1-2H3. The zero-order valence-electron chi connectivity index (χ0n) is 9.32. The molecule has 0 aromatic heterocycles. The van der Waals surface area contributed by atoms with Gasteiger partial charge in [0, 0.05) is 5.92 Å². The maximum atomic E-state index is 12.0. The molecule has 1 saturated carbocycles. The van der Waals surface area contributed by atoms with Crippen molar-refractivity contribution in [2.24, 2.45) is 5.92 Å². The molecule has 4 heteroatoms. The lowest BCUT2D eigenvalue weighted by Gasteiger charge is -2.34. The molecular weight excluding hydrogens is 196 g/mol. The van der Waals surface area contributed by atoms with Crippen molar-refractivity contribution in [1.29, 1.82) is 0 Å². The largest absolute Gasteiger partial charge is 0.330 e. The maximum Gasteiger partial charge on any atom is 0.330 e. The van der Waals surface area contributed by atoms with Crippen LogP contribution in [0.25, 0.3) is 0 Å². The molecular formula is C11H18O4. The second-order valence-electron chi connectivity index (χ2n) is 4.35. The molecule has 0 bridgehead atoms. The molecule has 0 aliphatic heterocycles. The zero-order chi connectivity index (χ0) is 11.3. The van der Waals surface area contributed by atoms with Crippen molar-refractivity contribution in [2.75, 3.05) is 0 Å². The summed E-state index contributed by atoms with van der Waals surface area (Å²) in [5, 5.41) is 0. The quantitative estimate of drug-likeness (QED) is 0.399. The molecule has 1 fully saturated rings. The van der Waals surface area contributed by atoms with Crippen LogP contribution in [-0.2, 0) is 19.4 Å². The second kappa shape index (κ2) is 5.26. The number of hydrogen-bond donors (Lipinski definition) is 0. The summed E-state index contributed by atoms with van der Waals surface area (Å²) in [5.74, 6) is -0.0672. The normalized spacial score (nSPS) is 19.9. The van der Waals surface area contributed by atoms with Gasteiger partial charge in [0.2, 0.25) is 0 Å². The Bertz CT molecular complexity index is 229. The summed E-state index contributed by atoms with van der Waals surface area (Å²) < 4.78 is 0. The van der Waals surface area contributed by atoms with E-state index in [9.17, 15) is 9.59 Å². The average Bonchev–Trinajstić information content (AvgIpc) is 2.26. The summed E-state index contributed by atoms with van der Waals surface area (Å²) in [6.07, 6.45) is 4.30. The van der Waals surface area contributed by atoms with Gasteiger partial charge in [0.05, 0.1) is 0 Å². The highest BCUT2D eigenvalue weighted by molar-refractivity contribution is 5.89. The molecule has 0 aromatic carbocycles. The fraction of sp³-hybridized carbons (Fsp3) is 0.818. The summed E-state index contributed by atoms with van der Waals surface area (Å²) in [6.45, 7) is 3.90. The Kier molecular flexibility index (Phi) is 4.27. The van der Waals surface area contributed by atoms with Crippen LogP contribution in [0, 0.1) is 5.92 Å². The number of carbonyl (C=O) groups is 2. The van der Waals surface area contributed by atoms with E-state index in [0.29, 0.717) is 12.8 Å². The lowest BCUT2D eigenvalue weighted by molar-refractivity contribution is -0.319. The van der Waals surface area contributed by atoms with E-state index >= 15 is 0 Å². The molecule has 0 spiro atoms. The molecule has 15 heavy (non-hydrogen) atoms. The third kappa shape index (κ3) is 2.78. The van der Waals surface area contributed by atoms with E-state index in [0.717, 1.165) is 19.3 Å². The van der Waals surface area contributed by atoms with E-state index in [4.69, 9.17) is 4.89 Å². The summed E-state index contributed by atoms with van der Waals surface area (Å²) in [4.78, 5) is 31.5. The minimum Gasteiger partial charge on any atom is -0.301 e. The van der Waals surface area contributed by atoms with Crippen molar-refractivity contribution in [3.05, 3.63) is 0 Å². The molecule has 0 unspecified atom stereocenters. The summed E-state index contributed by atoms with van der Waals surface area (Å²) in [6, 6.07) is 0. The Morgan fingerprint density at radius 1 is 1.27 bits per heavy atom. The van der Waals surface area contributed by atoms with Crippen molar-refractivity contribution < 1.29 is 19.4 Å². The molecule has 0 radical (unpaired) electrons. The first-order valence-corrected chi connectivity index (χ1v) is 5.45. The molecule has 0 N–H and O–H groups in total. The number of rotatable bonds is 5. The summed E-state index contributed by atoms with van der Waals surface area (Å²) >= 11 is 0. The fourth-order valence-electron chi connectivity index (χ4n) is 2.13. The molecule has 0 heterocycles. The van der Waals surface area contributed by atoms with Crippen molar-refractivity contribution in [3.63, 3.8) is 0 Å². The van der Waals surface area contributed by atoms with Crippen LogP contribution in [0.1, 0.15) is 46.0 Å². The van der Waals surface area contributed by atoms with Crippen LogP contribution in [0.15, 0.2) is 0 Å². The van der Waals surface area contributed by atoms with E-state index < -0.39 is 5.60 Å². The molecule has 1 aliphatic rings. The second-order valence-corrected chi connectivity index (χ2v) is 4.35. The van der Waals surface area contributed by atoms with Gasteiger partial charge in [0.15, 0.2) is 11.4 Å². The van der Waals surface area contributed by atoms with E-state index in [1.165, 1.54) is 0 Å². The van der Waals surface area contributed by atoms with Gasteiger partial charge in [0.1, 0.15) is 0 Å². The van der Waals surface area contributed by atoms with Crippen LogP contribution >= 0.6 is 0 Å². The highest BCUT2D eigenvalue weighted by Gasteiger charge is 2.43. The van der Waals surface area contributed by atoms with Crippen LogP contribution in [0.2, 0.25) is 0 Å². The maximum absolute atomic E-state index is 12.0. The monoisotopic (exact) mass is 214 g/mol. The third-order valence-corrected chi connectivity index (χ3v) is 2.88. The van der Waals surface area contributed by atoms with E-state index in [-0.39, 0.29) is 18.2 Å². The number of hydrogen-bond acceptors (Lipinski definition) is 4. The van der Waals surface area contributed by atoms with E-state index in [1.54, 1.807) is 0 Å². The summed E-state index contributed by atoms with van der Waals surface area (Å²) in [7, 11) is 0. The van der Waals surface area contributed by atoms with Crippen molar-refractivity contribution >= 4 is 12.3 Å². The fourth-order valence-corrected chi connectivity index (χ4v) is 2.13. The third-order valence-electron chi connectivity index (χ3n) is 2.88. The molecule has 0 amide bonds. The Labute approximate surface area is 89.9 Å². The summed E-state index contributed by atoms with van der Waals surface area (Å²) in [5.41, 5.74) is -0.882. The first-order chi connectivity index (χ1) is 7.12. The molecule has 0 atom stereocenters.